The van der Waals surface area contributed by atoms with Crippen LogP contribution in [0.25, 0.3) is 0 Å². The molecule has 0 saturated heterocycles. The highest BCUT2D eigenvalue weighted by atomic mass is 35.5. The molecule has 2 nitrogen and oxygen atoms in total. The monoisotopic (exact) mass is 168 g/mol. The number of pyridine rings is 1. The Kier molecular flexibility index (Phi) is 1.59. The lowest BCUT2D eigenvalue weighted by Crippen LogP contribution is -2.07. The molecule has 0 saturated carbocycles. The van der Waals surface area contributed by atoms with Crippen LogP contribution in [0.1, 0.15) is 23.7 Å². The number of fused-ring (bicyclic) bond motifs is 1. The van der Waals surface area contributed by atoms with Crippen molar-refractivity contribution in [2.24, 2.45) is 5.73 Å². The Bertz CT molecular complexity index is 285. The number of hydrogen-bond donors (Lipinski definition) is 1. The summed E-state index contributed by atoms with van der Waals surface area (Å²) in [6.45, 7) is 0. The first kappa shape index (κ1) is 7.07. The van der Waals surface area contributed by atoms with Gasteiger partial charge in [-0.05, 0) is 24.5 Å². The van der Waals surface area contributed by atoms with Crippen molar-refractivity contribution in [3.8, 4) is 0 Å². The molecule has 0 amide bonds. The molecule has 58 valence electrons. The molecule has 0 unspecified atom stereocenters. The molecule has 0 bridgehead atoms. The largest absolute Gasteiger partial charge is 0.323 e. The fourth-order valence-corrected chi connectivity index (χ4v) is 1.61. The number of nitrogens with zero attached hydrogens (tertiary/aromatic N) is 1. The van der Waals surface area contributed by atoms with E-state index in [2.05, 4.69) is 4.98 Å². The average Bonchev–Trinajstić information content (AvgIpc) is 2.33. The molecule has 1 aromatic heterocycles. The molecule has 0 spiro atoms. The normalized spacial score (nSPS) is 21.8. The van der Waals surface area contributed by atoms with Gasteiger partial charge in [0.2, 0.25) is 0 Å². The zero-order valence-corrected chi connectivity index (χ0v) is 6.80. The summed E-state index contributed by atoms with van der Waals surface area (Å²) in [5.41, 5.74) is 8.03. The topological polar surface area (TPSA) is 38.9 Å². The summed E-state index contributed by atoms with van der Waals surface area (Å²) in [6.07, 6.45) is 2.04. The number of nitrogens with two attached hydrogens (primary N) is 1. The van der Waals surface area contributed by atoms with Crippen molar-refractivity contribution in [2.45, 2.75) is 18.9 Å². The van der Waals surface area contributed by atoms with E-state index in [4.69, 9.17) is 17.3 Å². The van der Waals surface area contributed by atoms with Crippen LogP contribution in [0.3, 0.4) is 0 Å². The Morgan fingerprint density at radius 2 is 2.36 bits per heavy atom. The van der Waals surface area contributed by atoms with Gasteiger partial charge in [-0.15, -0.1) is 0 Å². The van der Waals surface area contributed by atoms with Crippen LogP contribution in [0.5, 0.6) is 0 Å². The van der Waals surface area contributed by atoms with Crippen LogP contribution >= 0.6 is 11.6 Å². The Labute approximate surface area is 70.4 Å². The molecule has 0 aliphatic heterocycles. The lowest BCUT2D eigenvalue weighted by molar-refractivity contribution is 0.698. The van der Waals surface area contributed by atoms with Gasteiger partial charge in [0.15, 0.2) is 0 Å². The van der Waals surface area contributed by atoms with Crippen LogP contribution < -0.4 is 5.73 Å². The van der Waals surface area contributed by atoms with Gasteiger partial charge in [0.1, 0.15) is 5.15 Å². The van der Waals surface area contributed by atoms with Crippen LogP contribution in [0.2, 0.25) is 5.15 Å². The van der Waals surface area contributed by atoms with Crippen molar-refractivity contribution in [3.05, 3.63) is 28.5 Å². The number of aromatic nitrogens is 1. The maximum atomic E-state index is 5.79. The van der Waals surface area contributed by atoms with E-state index in [1.165, 1.54) is 5.56 Å². The summed E-state index contributed by atoms with van der Waals surface area (Å²) in [4.78, 5) is 4.18. The molecule has 1 aliphatic rings. The summed E-state index contributed by atoms with van der Waals surface area (Å²) >= 11 is 5.72. The van der Waals surface area contributed by atoms with Gasteiger partial charge in [-0.25, -0.2) is 4.98 Å². The van der Waals surface area contributed by atoms with Crippen LogP contribution in [-0.2, 0) is 6.42 Å². The van der Waals surface area contributed by atoms with Gasteiger partial charge in [0.25, 0.3) is 0 Å². The van der Waals surface area contributed by atoms with Gasteiger partial charge in [-0.3, -0.25) is 0 Å². The standard InChI is InChI=1S/C8H9ClN2/c9-7-4-2-5-1-3-6(10)8(5)11-7/h2,4,6H,1,3,10H2/t6-/m1/s1. The average molecular weight is 169 g/mol. The third kappa shape index (κ3) is 1.12. The Balaban J connectivity index is 2.52. The first-order valence-electron chi connectivity index (χ1n) is 3.68. The molecule has 2 rings (SSSR count). The Morgan fingerprint density at radius 1 is 1.55 bits per heavy atom. The molecular weight excluding hydrogens is 160 g/mol. The number of hydrogen-bond acceptors (Lipinski definition) is 2. The fourth-order valence-electron chi connectivity index (χ4n) is 1.46. The van der Waals surface area contributed by atoms with Gasteiger partial charge in [0.05, 0.1) is 5.69 Å². The molecule has 1 heterocycles. The quantitative estimate of drug-likeness (QED) is 0.599. The maximum absolute atomic E-state index is 5.79. The molecular formula is C8H9ClN2. The molecule has 2 N–H and O–H groups in total. The van der Waals surface area contributed by atoms with Gasteiger partial charge >= 0.3 is 0 Å². The minimum absolute atomic E-state index is 0.101. The highest BCUT2D eigenvalue weighted by Gasteiger charge is 2.19. The summed E-state index contributed by atoms with van der Waals surface area (Å²) in [6, 6.07) is 3.93. The van der Waals surface area contributed by atoms with Crippen LogP contribution in [0.4, 0.5) is 0 Å². The van der Waals surface area contributed by atoms with Gasteiger partial charge in [-0.2, -0.15) is 0 Å². The van der Waals surface area contributed by atoms with E-state index in [0.717, 1.165) is 18.5 Å². The lowest BCUT2D eigenvalue weighted by Gasteiger charge is -2.02. The predicted octanol–water partition coefficient (Wildman–Crippen LogP) is 1.68. The zero-order valence-electron chi connectivity index (χ0n) is 6.05. The summed E-state index contributed by atoms with van der Waals surface area (Å²) in [5.74, 6) is 0. The van der Waals surface area contributed by atoms with Crippen LogP contribution in [-0.4, -0.2) is 4.98 Å². The van der Waals surface area contributed by atoms with E-state index in [-0.39, 0.29) is 6.04 Å². The third-order valence-corrected chi connectivity index (χ3v) is 2.26. The van der Waals surface area contributed by atoms with Crippen molar-refractivity contribution in [1.29, 1.82) is 0 Å². The second kappa shape index (κ2) is 2.47. The van der Waals surface area contributed by atoms with Gasteiger partial charge in [-0.1, -0.05) is 17.7 Å². The highest BCUT2D eigenvalue weighted by Crippen LogP contribution is 2.28. The van der Waals surface area contributed by atoms with E-state index in [1.807, 2.05) is 12.1 Å². The van der Waals surface area contributed by atoms with E-state index in [0.29, 0.717) is 5.15 Å². The molecule has 1 atom stereocenters. The second-order valence-electron chi connectivity index (χ2n) is 2.82. The molecule has 1 aromatic rings. The summed E-state index contributed by atoms with van der Waals surface area (Å²) in [7, 11) is 0. The maximum Gasteiger partial charge on any atom is 0.129 e. The molecule has 3 heteroatoms. The van der Waals surface area contributed by atoms with E-state index < -0.39 is 0 Å². The summed E-state index contributed by atoms with van der Waals surface area (Å²) in [5, 5.41) is 0.543. The van der Waals surface area contributed by atoms with Crippen LogP contribution in [0.15, 0.2) is 12.1 Å². The minimum Gasteiger partial charge on any atom is -0.323 e. The predicted molar refractivity (Wildman–Crippen MR) is 44.5 cm³/mol. The zero-order chi connectivity index (χ0) is 7.84. The SMILES string of the molecule is N[C@@H]1CCc2ccc(Cl)nc21. The first-order valence-corrected chi connectivity index (χ1v) is 4.06. The lowest BCUT2D eigenvalue weighted by atomic mass is 10.2. The molecule has 0 radical (unpaired) electrons. The van der Waals surface area contributed by atoms with Crippen molar-refractivity contribution < 1.29 is 0 Å². The minimum atomic E-state index is 0.101. The molecule has 0 aromatic carbocycles. The first-order chi connectivity index (χ1) is 5.27. The van der Waals surface area contributed by atoms with E-state index in [9.17, 15) is 0 Å². The van der Waals surface area contributed by atoms with Crippen molar-refractivity contribution >= 4 is 11.6 Å². The van der Waals surface area contributed by atoms with Crippen molar-refractivity contribution in [2.75, 3.05) is 0 Å². The number of rotatable bonds is 0. The third-order valence-electron chi connectivity index (χ3n) is 2.05. The highest BCUT2D eigenvalue weighted by molar-refractivity contribution is 6.29. The Morgan fingerprint density at radius 3 is 3.18 bits per heavy atom. The second-order valence-corrected chi connectivity index (χ2v) is 3.21. The molecule has 11 heavy (non-hydrogen) atoms. The molecule has 0 fully saturated rings. The van der Waals surface area contributed by atoms with Gasteiger partial charge in [0, 0.05) is 6.04 Å². The number of aryl methyl sites for hydroxylation is 1. The smallest absolute Gasteiger partial charge is 0.129 e. The van der Waals surface area contributed by atoms with Crippen molar-refractivity contribution in [1.82, 2.24) is 4.98 Å². The van der Waals surface area contributed by atoms with Crippen LogP contribution in [0, 0.1) is 0 Å². The Hall–Kier alpha value is -0.600. The number of halogens is 1. The van der Waals surface area contributed by atoms with E-state index in [1.54, 1.807) is 0 Å². The van der Waals surface area contributed by atoms with Gasteiger partial charge < -0.3 is 5.73 Å². The molecule has 1 aliphatic carbocycles. The summed E-state index contributed by atoms with van der Waals surface area (Å²) < 4.78 is 0. The fraction of sp³-hybridized carbons (Fsp3) is 0.375. The van der Waals surface area contributed by atoms with Crippen molar-refractivity contribution in [3.63, 3.8) is 0 Å². The van der Waals surface area contributed by atoms with E-state index >= 15 is 0 Å².